The third-order valence-corrected chi connectivity index (χ3v) is 1.68. The van der Waals surface area contributed by atoms with Crippen molar-refractivity contribution < 1.29 is 14.3 Å². The SMILES string of the molecule is C=C/C=C(NC(=O)C(C)=O)\C(=C/C)OCC. The summed E-state index contributed by atoms with van der Waals surface area (Å²) in [7, 11) is 0. The van der Waals surface area contributed by atoms with Gasteiger partial charge in [0.1, 0.15) is 5.76 Å². The third-order valence-electron chi connectivity index (χ3n) is 1.68. The standard InChI is InChI=1S/C12H17NO3/c1-5-8-10(11(6-2)16-7-3)13-12(15)9(4)14/h5-6,8H,1,7H2,2-4H3,(H,13,15)/b10-8+,11-6+. The molecule has 0 atom stereocenters. The largest absolute Gasteiger partial charge is 0.492 e. The van der Waals surface area contributed by atoms with Gasteiger partial charge in [-0.1, -0.05) is 12.7 Å². The second-order valence-corrected chi connectivity index (χ2v) is 2.91. The van der Waals surface area contributed by atoms with Crippen molar-refractivity contribution in [3.63, 3.8) is 0 Å². The van der Waals surface area contributed by atoms with Gasteiger partial charge in [0.2, 0.25) is 5.78 Å². The highest BCUT2D eigenvalue weighted by Crippen LogP contribution is 2.08. The van der Waals surface area contributed by atoms with E-state index in [1.165, 1.54) is 13.0 Å². The molecular formula is C12H17NO3. The lowest BCUT2D eigenvalue weighted by molar-refractivity contribution is -0.136. The quantitative estimate of drug-likeness (QED) is 0.423. The van der Waals surface area contributed by atoms with Crippen molar-refractivity contribution in [1.82, 2.24) is 5.32 Å². The van der Waals surface area contributed by atoms with Gasteiger partial charge < -0.3 is 10.1 Å². The molecule has 0 saturated carbocycles. The molecule has 88 valence electrons. The Balaban J connectivity index is 4.88. The molecule has 0 aliphatic heterocycles. The third kappa shape index (κ3) is 4.59. The Hall–Kier alpha value is -1.84. The summed E-state index contributed by atoms with van der Waals surface area (Å²) in [5.41, 5.74) is 0.430. The van der Waals surface area contributed by atoms with Crippen LogP contribution in [-0.4, -0.2) is 18.3 Å². The van der Waals surface area contributed by atoms with Crippen LogP contribution in [0.25, 0.3) is 0 Å². The van der Waals surface area contributed by atoms with Crippen LogP contribution >= 0.6 is 0 Å². The lowest BCUT2D eigenvalue weighted by Crippen LogP contribution is -2.29. The molecule has 0 spiro atoms. The Kier molecular flexibility index (Phi) is 6.59. The first-order valence-electron chi connectivity index (χ1n) is 5.00. The number of carbonyl (C=O) groups excluding carboxylic acids is 2. The number of hydrogen-bond acceptors (Lipinski definition) is 3. The molecule has 0 rings (SSSR count). The first-order chi connectivity index (χ1) is 7.56. The number of Topliss-reactive ketones (excluding diaryl/α,β-unsaturated/α-hetero) is 1. The van der Waals surface area contributed by atoms with Crippen LogP contribution < -0.4 is 5.32 Å². The molecule has 1 N–H and O–H groups in total. The number of amides is 1. The van der Waals surface area contributed by atoms with E-state index in [2.05, 4.69) is 11.9 Å². The molecular weight excluding hydrogens is 206 g/mol. The zero-order valence-corrected chi connectivity index (χ0v) is 9.87. The molecule has 16 heavy (non-hydrogen) atoms. The second-order valence-electron chi connectivity index (χ2n) is 2.91. The van der Waals surface area contributed by atoms with E-state index in [4.69, 9.17) is 4.74 Å². The maximum absolute atomic E-state index is 11.2. The molecule has 0 saturated heterocycles. The van der Waals surface area contributed by atoms with Crippen molar-refractivity contribution in [3.8, 4) is 0 Å². The molecule has 0 fully saturated rings. The highest BCUT2D eigenvalue weighted by molar-refractivity contribution is 6.35. The van der Waals surface area contributed by atoms with Crippen LogP contribution in [0, 0.1) is 0 Å². The van der Waals surface area contributed by atoms with Crippen molar-refractivity contribution in [2.45, 2.75) is 20.8 Å². The average molecular weight is 223 g/mol. The van der Waals surface area contributed by atoms with Crippen molar-refractivity contribution in [2.24, 2.45) is 0 Å². The molecule has 0 unspecified atom stereocenters. The van der Waals surface area contributed by atoms with Crippen LogP contribution in [0.3, 0.4) is 0 Å². The van der Waals surface area contributed by atoms with Gasteiger partial charge in [0.05, 0.1) is 12.3 Å². The predicted molar refractivity (Wildman–Crippen MR) is 62.5 cm³/mol. The summed E-state index contributed by atoms with van der Waals surface area (Å²) in [6.45, 7) is 8.83. The summed E-state index contributed by atoms with van der Waals surface area (Å²) >= 11 is 0. The molecule has 0 aromatic carbocycles. The van der Waals surface area contributed by atoms with Crippen molar-refractivity contribution in [1.29, 1.82) is 0 Å². The van der Waals surface area contributed by atoms with Crippen molar-refractivity contribution in [3.05, 3.63) is 36.3 Å². The zero-order valence-electron chi connectivity index (χ0n) is 9.87. The van der Waals surface area contributed by atoms with Crippen LogP contribution in [0.15, 0.2) is 36.3 Å². The summed E-state index contributed by atoms with van der Waals surface area (Å²) in [5, 5.41) is 2.46. The lowest BCUT2D eigenvalue weighted by Gasteiger charge is -2.12. The number of rotatable bonds is 6. The molecule has 0 bridgehead atoms. The smallest absolute Gasteiger partial charge is 0.291 e. The number of ketones is 1. The van der Waals surface area contributed by atoms with Crippen LogP contribution in [0.4, 0.5) is 0 Å². The topological polar surface area (TPSA) is 55.4 Å². The van der Waals surface area contributed by atoms with Gasteiger partial charge in [-0.25, -0.2) is 0 Å². The van der Waals surface area contributed by atoms with Crippen LogP contribution in [0.1, 0.15) is 20.8 Å². The Morgan fingerprint density at radius 3 is 2.44 bits per heavy atom. The normalized spacial score (nSPS) is 11.9. The van der Waals surface area contributed by atoms with E-state index < -0.39 is 11.7 Å². The average Bonchev–Trinajstić information content (AvgIpc) is 2.25. The van der Waals surface area contributed by atoms with E-state index in [-0.39, 0.29) is 0 Å². The molecule has 0 heterocycles. The maximum atomic E-state index is 11.2. The fourth-order valence-electron chi connectivity index (χ4n) is 0.986. The van der Waals surface area contributed by atoms with Gasteiger partial charge in [-0.05, 0) is 26.0 Å². The first-order valence-corrected chi connectivity index (χ1v) is 5.00. The summed E-state index contributed by atoms with van der Waals surface area (Å²) in [6, 6.07) is 0. The van der Waals surface area contributed by atoms with Crippen LogP contribution in [-0.2, 0) is 14.3 Å². The number of hydrogen-bond donors (Lipinski definition) is 1. The van der Waals surface area contributed by atoms with E-state index in [0.717, 1.165) is 0 Å². The van der Waals surface area contributed by atoms with Crippen molar-refractivity contribution >= 4 is 11.7 Å². The first kappa shape index (κ1) is 14.2. The highest BCUT2D eigenvalue weighted by atomic mass is 16.5. The minimum absolute atomic E-state index is 0.430. The second kappa shape index (κ2) is 7.45. The van der Waals surface area contributed by atoms with Gasteiger partial charge in [-0.15, -0.1) is 0 Å². The number of carbonyl (C=O) groups is 2. The Morgan fingerprint density at radius 2 is 2.06 bits per heavy atom. The Morgan fingerprint density at radius 1 is 1.44 bits per heavy atom. The van der Waals surface area contributed by atoms with Gasteiger partial charge in [0, 0.05) is 6.92 Å². The highest BCUT2D eigenvalue weighted by Gasteiger charge is 2.12. The Labute approximate surface area is 95.7 Å². The fourth-order valence-corrected chi connectivity index (χ4v) is 0.986. The number of nitrogens with one attached hydrogen (secondary N) is 1. The maximum Gasteiger partial charge on any atom is 0.291 e. The summed E-state index contributed by atoms with van der Waals surface area (Å²) < 4.78 is 5.31. The summed E-state index contributed by atoms with van der Waals surface area (Å²) in [4.78, 5) is 22.1. The molecule has 1 amide bonds. The molecule has 0 aromatic rings. The van der Waals surface area contributed by atoms with Crippen molar-refractivity contribution in [2.75, 3.05) is 6.61 Å². The van der Waals surface area contributed by atoms with Gasteiger partial charge >= 0.3 is 0 Å². The van der Waals surface area contributed by atoms with Gasteiger partial charge in [-0.2, -0.15) is 0 Å². The fraction of sp³-hybridized carbons (Fsp3) is 0.333. The van der Waals surface area contributed by atoms with Crippen LogP contribution in [0.2, 0.25) is 0 Å². The Bertz CT molecular complexity index is 340. The summed E-state index contributed by atoms with van der Waals surface area (Å²) in [6.07, 6.45) is 4.79. The lowest BCUT2D eigenvalue weighted by atomic mass is 10.3. The molecule has 0 aliphatic rings. The number of allylic oxidation sites excluding steroid dienone is 3. The molecule has 4 heteroatoms. The van der Waals surface area contributed by atoms with Gasteiger partial charge in [0.15, 0.2) is 0 Å². The zero-order chi connectivity index (χ0) is 12.6. The predicted octanol–water partition coefficient (Wildman–Crippen LogP) is 1.70. The minimum atomic E-state index is -0.674. The molecule has 4 nitrogen and oxygen atoms in total. The van der Waals surface area contributed by atoms with E-state index in [0.29, 0.717) is 18.1 Å². The van der Waals surface area contributed by atoms with E-state index >= 15 is 0 Å². The summed E-state index contributed by atoms with van der Waals surface area (Å²) in [5.74, 6) is -0.717. The van der Waals surface area contributed by atoms with Crippen LogP contribution in [0.5, 0.6) is 0 Å². The van der Waals surface area contributed by atoms with E-state index in [1.807, 2.05) is 6.92 Å². The monoisotopic (exact) mass is 223 g/mol. The number of ether oxygens (including phenoxy) is 1. The minimum Gasteiger partial charge on any atom is -0.492 e. The van der Waals surface area contributed by atoms with Gasteiger partial charge in [0.25, 0.3) is 5.91 Å². The molecule has 0 aliphatic carbocycles. The van der Waals surface area contributed by atoms with E-state index in [1.54, 1.807) is 19.1 Å². The van der Waals surface area contributed by atoms with Gasteiger partial charge in [-0.3, -0.25) is 9.59 Å². The molecule has 0 aromatic heterocycles. The molecule has 0 radical (unpaired) electrons. The van der Waals surface area contributed by atoms with E-state index in [9.17, 15) is 9.59 Å².